The molecule has 2 heteroatoms. The highest BCUT2D eigenvalue weighted by Crippen LogP contribution is 2.32. The minimum atomic E-state index is 0.180. The predicted molar refractivity (Wildman–Crippen MR) is 81.1 cm³/mol. The van der Waals surface area contributed by atoms with Gasteiger partial charge in [-0.3, -0.25) is 0 Å². The molecule has 2 aromatic rings. The average molecular weight is 259 g/mol. The SMILES string of the molecule is CCc1cc(-c2ccc(C(N)CC)s2)ccc1C. The lowest BCUT2D eigenvalue weighted by atomic mass is 10.0. The molecule has 1 heterocycles. The minimum absolute atomic E-state index is 0.180. The van der Waals surface area contributed by atoms with E-state index in [9.17, 15) is 0 Å². The van der Waals surface area contributed by atoms with Gasteiger partial charge in [-0.2, -0.15) is 0 Å². The average Bonchev–Trinajstić information content (AvgIpc) is 2.88. The molecule has 0 amide bonds. The van der Waals surface area contributed by atoms with E-state index >= 15 is 0 Å². The molecule has 1 unspecified atom stereocenters. The van der Waals surface area contributed by atoms with E-state index in [1.54, 1.807) is 0 Å². The van der Waals surface area contributed by atoms with Crippen LogP contribution in [0.2, 0.25) is 0 Å². The van der Waals surface area contributed by atoms with Crippen molar-refractivity contribution in [2.75, 3.05) is 0 Å². The van der Waals surface area contributed by atoms with E-state index in [4.69, 9.17) is 5.73 Å². The first kappa shape index (κ1) is 13.3. The van der Waals surface area contributed by atoms with Gasteiger partial charge >= 0.3 is 0 Å². The van der Waals surface area contributed by atoms with E-state index in [1.165, 1.54) is 26.4 Å². The van der Waals surface area contributed by atoms with Gasteiger partial charge in [-0.05, 0) is 48.6 Å². The lowest BCUT2D eigenvalue weighted by Gasteiger charge is -2.06. The highest BCUT2D eigenvalue weighted by molar-refractivity contribution is 7.15. The molecule has 1 atom stereocenters. The molecule has 0 fully saturated rings. The maximum Gasteiger partial charge on any atom is 0.0387 e. The van der Waals surface area contributed by atoms with Crippen molar-refractivity contribution in [3.05, 3.63) is 46.3 Å². The Morgan fingerprint density at radius 1 is 1.17 bits per heavy atom. The van der Waals surface area contributed by atoms with Crippen LogP contribution in [-0.2, 0) is 6.42 Å². The smallest absolute Gasteiger partial charge is 0.0387 e. The standard InChI is InChI=1S/C16H21NS/c1-4-12-10-13(7-6-11(12)3)15-8-9-16(18-15)14(17)5-2/h6-10,14H,4-5,17H2,1-3H3. The molecule has 96 valence electrons. The third kappa shape index (κ3) is 2.65. The summed E-state index contributed by atoms with van der Waals surface area (Å²) in [5.74, 6) is 0. The van der Waals surface area contributed by atoms with Crippen LogP contribution in [0.25, 0.3) is 10.4 Å². The van der Waals surface area contributed by atoms with Crippen LogP contribution >= 0.6 is 11.3 Å². The fraction of sp³-hybridized carbons (Fsp3) is 0.375. The van der Waals surface area contributed by atoms with Crippen molar-refractivity contribution in [1.29, 1.82) is 0 Å². The summed E-state index contributed by atoms with van der Waals surface area (Å²) in [6.07, 6.45) is 2.08. The zero-order chi connectivity index (χ0) is 13.1. The molecule has 2 rings (SSSR count). The third-order valence-corrected chi connectivity index (χ3v) is 4.71. The van der Waals surface area contributed by atoms with Gasteiger partial charge in [0.05, 0.1) is 0 Å². The maximum atomic E-state index is 6.08. The highest BCUT2D eigenvalue weighted by Gasteiger charge is 2.09. The van der Waals surface area contributed by atoms with Crippen molar-refractivity contribution in [3.8, 4) is 10.4 Å². The van der Waals surface area contributed by atoms with Gasteiger partial charge in [-0.1, -0.05) is 32.0 Å². The molecule has 0 aliphatic carbocycles. The van der Waals surface area contributed by atoms with E-state index < -0.39 is 0 Å². The largest absolute Gasteiger partial charge is 0.323 e. The van der Waals surface area contributed by atoms with Crippen molar-refractivity contribution < 1.29 is 0 Å². The summed E-state index contributed by atoms with van der Waals surface area (Å²) in [5, 5.41) is 0. The molecule has 0 saturated heterocycles. The van der Waals surface area contributed by atoms with Crippen molar-refractivity contribution in [1.82, 2.24) is 0 Å². The van der Waals surface area contributed by atoms with E-state index in [1.807, 2.05) is 11.3 Å². The quantitative estimate of drug-likeness (QED) is 0.846. The van der Waals surface area contributed by atoms with Crippen LogP contribution in [-0.4, -0.2) is 0 Å². The number of rotatable bonds is 4. The van der Waals surface area contributed by atoms with Crippen LogP contribution in [0.4, 0.5) is 0 Å². The summed E-state index contributed by atoms with van der Waals surface area (Å²) in [5.41, 5.74) is 10.2. The number of benzene rings is 1. The number of thiophene rings is 1. The zero-order valence-electron chi connectivity index (χ0n) is 11.4. The van der Waals surface area contributed by atoms with Gasteiger partial charge in [0, 0.05) is 15.8 Å². The summed E-state index contributed by atoms with van der Waals surface area (Å²) in [7, 11) is 0. The molecule has 2 N–H and O–H groups in total. The normalized spacial score (nSPS) is 12.7. The predicted octanol–water partition coefficient (Wildman–Crippen LogP) is 4.70. The molecular weight excluding hydrogens is 238 g/mol. The summed E-state index contributed by atoms with van der Waals surface area (Å²) in [6, 6.07) is 11.3. The van der Waals surface area contributed by atoms with Gasteiger partial charge in [-0.25, -0.2) is 0 Å². The summed E-state index contributed by atoms with van der Waals surface area (Å²) >= 11 is 1.82. The topological polar surface area (TPSA) is 26.0 Å². The Hall–Kier alpha value is -1.12. The second-order valence-corrected chi connectivity index (χ2v) is 5.83. The Balaban J connectivity index is 2.34. The molecule has 1 aromatic heterocycles. The van der Waals surface area contributed by atoms with Gasteiger partial charge in [0.15, 0.2) is 0 Å². The van der Waals surface area contributed by atoms with Gasteiger partial charge in [0.2, 0.25) is 0 Å². The van der Waals surface area contributed by atoms with Crippen molar-refractivity contribution >= 4 is 11.3 Å². The zero-order valence-corrected chi connectivity index (χ0v) is 12.2. The Kier molecular flexibility index (Phi) is 4.20. The van der Waals surface area contributed by atoms with Crippen LogP contribution in [0, 0.1) is 6.92 Å². The number of nitrogens with two attached hydrogens (primary N) is 1. The fourth-order valence-electron chi connectivity index (χ4n) is 2.11. The number of hydrogen-bond donors (Lipinski definition) is 1. The summed E-state index contributed by atoms with van der Waals surface area (Å²) in [4.78, 5) is 2.61. The van der Waals surface area contributed by atoms with E-state index in [-0.39, 0.29) is 6.04 Å². The fourth-order valence-corrected chi connectivity index (χ4v) is 3.20. The minimum Gasteiger partial charge on any atom is -0.323 e. The first-order valence-electron chi connectivity index (χ1n) is 6.60. The van der Waals surface area contributed by atoms with E-state index in [0.29, 0.717) is 0 Å². The molecule has 0 bridgehead atoms. The van der Waals surface area contributed by atoms with Crippen LogP contribution < -0.4 is 5.73 Å². The molecule has 0 radical (unpaired) electrons. The van der Waals surface area contributed by atoms with Crippen molar-refractivity contribution in [2.45, 2.75) is 39.7 Å². The van der Waals surface area contributed by atoms with Crippen LogP contribution in [0.1, 0.15) is 42.3 Å². The number of aryl methyl sites for hydroxylation is 2. The molecule has 1 nitrogen and oxygen atoms in total. The number of hydrogen-bond acceptors (Lipinski definition) is 2. The van der Waals surface area contributed by atoms with Gasteiger partial charge in [0.1, 0.15) is 0 Å². The maximum absolute atomic E-state index is 6.08. The summed E-state index contributed by atoms with van der Waals surface area (Å²) in [6.45, 7) is 6.51. The third-order valence-electron chi connectivity index (χ3n) is 3.45. The Bertz CT molecular complexity index is 528. The molecule has 0 saturated carbocycles. The Labute approximate surface area is 114 Å². The monoisotopic (exact) mass is 259 g/mol. The van der Waals surface area contributed by atoms with Crippen LogP contribution in [0.3, 0.4) is 0 Å². The van der Waals surface area contributed by atoms with Crippen LogP contribution in [0.15, 0.2) is 30.3 Å². The van der Waals surface area contributed by atoms with Gasteiger partial charge in [-0.15, -0.1) is 11.3 Å². The first-order chi connectivity index (χ1) is 8.65. The molecule has 18 heavy (non-hydrogen) atoms. The lowest BCUT2D eigenvalue weighted by molar-refractivity contribution is 0.712. The summed E-state index contributed by atoms with van der Waals surface area (Å²) < 4.78 is 0. The van der Waals surface area contributed by atoms with Gasteiger partial charge < -0.3 is 5.73 Å². The van der Waals surface area contributed by atoms with Crippen LogP contribution in [0.5, 0.6) is 0 Å². The second kappa shape index (κ2) is 5.68. The molecule has 0 aliphatic heterocycles. The molecule has 0 spiro atoms. The molecular formula is C16H21NS. The lowest BCUT2D eigenvalue weighted by Crippen LogP contribution is -2.05. The first-order valence-corrected chi connectivity index (χ1v) is 7.42. The van der Waals surface area contributed by atoms with E-state index in [2.05, 4.69) is 51.1 Å². The highest BCUT2D eigenvalue weighted by atomic mass is 32.1. The van der Waals surface area contributed by atoms with Crippen molar-refractivity contribution in [3.63, 3.8) is 0 Å². The second-order valence-electron chi connectivity index (χ2n) is 4.71. The van der Waals surface area contributed by atoms with Crippen molar-refractivity contribution in [2.24, 2.45) is 5.73 Å². The Morgan fingerprint density at radius 2 is 1.94 bits per heavy atom. The van der Waals surface area contributed by atoms with Gasteiger partial charge in [0.25, 0.3) is 0 Å². The Morgan fingerprint density at radius 3 is 2.61 bits per heavy atom. The molecule has 1 aromatic carbocycles. The molecule has 0 aliphatic rings. The van der Waals surface area contributed by atoms with E-state index in [0.717, 1.165) is 12.8 Å².